The van der Waals surface area contributed by atoms with Gasteiger partial charge in [0, 0.05) is 19.7 Å². The average Bonchev–Trinajstić information content (AvgIpc) is 2.54. The summed E-state index contributed by atoms with van der Waals surface area (Å²) >= 11 is 0. The molecule has 1 saturated heterocycles. The monoisotopic (exact) mass is 384 g/mol. The van der Waals surface area contributed by atoms with Crippen molar-refractivity contribution in [3.8, 4) is 0 Å². The lowest BCUT2D eigenvalue weighted by molar-refractivity contribution is -0.137. The average molecular weight is 384 g/mol. The molecule has 1 aliphatic heterocycles. The summed E-state index contributed by atoms with van der Waals surface area (Å²) in [6.07, 6.45) is -3.41. The summed E-state index contributed by atoms with van der Waals surface area (Å²) in [5, 5.41) is 0. The molecule has 0 aliphatic carbocycles. The van der Waals surface area contributed by atoms with Crippen LogP contribution in [-0.2, 0) is 20.9 Å². The lowest BCUT2D eigenvalue weighted by Gasteiger charge is -2.31. The van der Waals surface area contributed by atoms with Gasteiger partial charge < -0.3 is 10.5 Å². The number of hydrogen-bond donors (Lipinski definition) is 1. The zero-order chi connectivity index (χ0) is 18.7. The van der Waals surface area contributed by atoms with Crippen molar-refractivity contribution in [2.45, 2.75) is 36.4 Å². The Balaban J connectivity index is 2.12. The summed E-state index contributed by atoms with van der Waals surface area (Å²) in [6, 6.07) is 1.39. The molecule has 1 aromatic rings. The first-order valence-corrected chi connectivity index (χ1v) is 9.29. The smallest absolute Gasteiger partial charge is 0.378 e. The molecule has 0 atom stereocenters. The second kappa shape index (κ2) is 7.98. The van der Waals surface area contributed by atoms with Gasteiger partial charge in [-0.1, -0.05) is 0 Å². The Bertz CT molecular complexity index is 687. The Kier molecular flexibility index (Phi) is 6.41. The summed E-state index contributed by atoms with van der Waals surface area (Å²) in [7, 11) is -4.34. The number of hydrogen-bond acceptors (Lipinski definition) is 4. The molecule has 1 fully saturated rings. The highest BCUT2D eigenvalue weighted by Crippen LogP contribution is 2.33. The highest BCUT2D eigenvalue weighted by Gasteiger charge is 2.36. The fourth-order valence-corrected chi connectivity index (χ4v) is 4.15. The summed E-state index contributed by atoms with van der Waals surface area (Å²) in [4.78, 5) is -0.954. The number of benzene rings is 1. The highest BCUT2D eigenvalue weighted by molar-refractivity contribution is 7.89. The molecule has 1 aromatic carbocycles. The van der Waals surface area contributed by atoms with Crippen molar-refractivity contribution in [2.24, 2.45) is 5.73 Å². The number of nitrogens with zero attached hydrogens (tertiary/aromatic N) is 1. The van der Waals surface area contributed by atoms with Gasteiger partial charge in [-0.25, -0.2) is 12.8 Å². The molecule has 0 aromatic heterocycles. The standard InChI is InChI=1S/C15H20F4N2O3S/c16-13-3-2-11(15(17,18)19)10-14(13)25(22,23)21-7-4-12(5-8-21)24-9-1-6-20/h2-3,10,12H,1,4-9,20H2. The van der Waals surface area contributed by atoms with Crippen LogP contribution in [0.2, 0.25) is 0 Å². The molecule has 2 N–H and O–H groups in total. The molecule has 0 unspecified atom stereocenters. The number of nitrogens with two attached hydrogens (primary N) is 1. The van der Waals surface area contributed by atoms with Crippen LogP contribution in [0.4, 0.5) is 17.6 Å². The van der Waals surface area contributed by atoms with Crippen LogP contribution >= 0.6 is 0 Å². The molecule has 2 rings (SSSR count). The van der Waals surface area contributed by atoms with E-state index in [-0.39, 0.29) is 19.2 Å². The minimum atomic E-state index is -4.75. The summed E-state index contributed by atoms with van der Waals surface area (Å²) in [5.41, 5.74) is 4.16. The molecule has 0 amide bonds. The van der Waals surface area contributed by atoms with Crippen molar-refractivity contribution in [3.05, 3.63) is 29.6 Å². The Labute approximate surface area is 143 Å². The van der Waals surface area contributed by atoms with Gasteiger partial charge in [-0.2, -0.15) is 17.5 Å². The zero-order valence-corrected chi connectivity index (χ0v) is 14.2. The molecule has 0 saturated carbocycles. The summed E-state index contributed by atoms with van der Waals surface area (Å²) in [5.74, 6) is -1.20. The van der Waals surface area contributed by atoms with Crippen molar-refractivity contribution >= 4 is 10.0 Å². The number of piperidine rings is 1. The maximum atomic E-state index is 13.9. The maximum absolute atomic E-state index is 13.9. The molecule has 5 nitrogen and oxygen atoms in total. The predicted molar refractivity (Wildman–Crippen MR) is 82.8 cm³/mol. The van der Waals surface area contributed by atoms with Crippen LogP contribution in [0.15, 0.2) is 23.1 Å². The summed E-state index contributed by atoms with van der Waals surface area (Å²) < 4.78 is 83.8. The fraction of sp³-hybridized carbons (Fsp3) is 0.600. The molecule has 1 aliphatic rings. The first-order chi connectivity index (χ1) is 11.7. The van der Waals surface area contributed by atoms with Gasteiger partial charge in [0.25, 0.3) is 0 Å². The van der Waals surface area contributed by atoms with E-state index in [4.69, 9.17) is 10.5 Å². The van der Waals surface area contributed by atoms with Crippen LogP contribution in [0.25, 0.3) is 0 Å². The van der Waals surface area contributed by atoms with E-state index < -0.39 is 32.5 Å². The van der Waals surface area contributed by atoms with Gasteiger partial charge in [0.1, 0.15) is 10.7 Å². The minimum Gasteiger partial charge on any atom is -0.378 e. The van der Waals surface area contributed by atoms with Gasteiger partial charge in [-0.15, -0.1) is 0 Å². The molecule has 25 heavy (non-hydrogen) atoms. The Morgan fingerprint density at radius 2 is 1.88 bits per heavy atom. The van der Waals surface area contributed by atoms with Crippen molar-refractivity contribution in [1.82, 2.24) is 4.31 Å². The molecule has 142 valence electrons. The van der Waals surface area contributed by atoms with E-state index in [9.17, 15) is 26.0 Å². The molecule has 0 bridgehead atoms. The van der Waals surface area contributed by atoms with Crippen LogP contribution in [0.3, 0.4) is 0 Å². The van der Waals surface area contributed by atoms with Crippen LogP contribution in [0.1, 0.15) is 24.8 Å². The van der Waals surface area contributed by atoms with Crippen molar-refractivity contribution in [1.29, 1.82) is 0 Å². The van der Waals surface area contributed by atoms with E-state index in [0.717, 1.165) is 4.31 Å². The van der Waals surface area contributed by atoms with Gasteiger partial charge in [0.05, 0.1) is 11.7 Å². The summed E-state index contributed by atoms with van der Waals surface area (Å²) in [6.45, 7) is 1.08. The molecule has 0 spiro atoms. The van der Waals surface area contributed by atoms with Crippen LogP contribution < -0.4 is 5.73 Å². The second-order valence-electron chi connectivity index (χ2n) is 5.76. The Morgan fingerprint density at radius 3 is 2.44 bits per heavy atom. The van der Waals surface area contributed by atoms with E-state index >= 15 is 0 Å². The third-order valence-corrected chi connectivity index (χ3v) is 5.89. The van der Waals surface area contributed by atoms with E-state index in [2.05, 4.69) is 0 Å². The lowest BCUT2D eigenvalue weighted by Crippen LogP contribution is -2.41. The fourth-order valence-electron chi connectivity index (χ4n) is 2.59. The first-order valence-electron chi connectivity index (χ1n) is 7.85. The third kappa shape index (κ3) is 4.90. The Morgan fingerprint density at radius 1 is 1.24 bits per heavy atom. The van der Waals surface area contributed by atoms with Gasteiger partial charge in [0.2, 0.25) is 10.0 Å². The van der Waals surface area contributed by atoms with Gasteiger partial charge >= 0.3 is 6.18 Å². The quantitative estimate of drug-likeness (QED) is 0.604. The molecule has 0 radical (unpaired) electrons. The van der Waals surface area contributed by atoms with E-state index in [0.29, 0.717) is 50.6 Å². The SMILES string of the molecule is NCCCOC1CCN(S(=O)(=O)c2cc(C(F)(F)F)ccc2F)CC1. The van der Waals surface area contributed by atoms with E-state index in [1.165, 1.54) is 0 Å². The molecule has 10 heteroatoms. The van der Waals surface area contributed by atoms with Gasteiger partial charge in [-0.05, 0) is 44.0 Å². The van der Waals surface area contributed by atoms with Crippen molar-refractivity contribution in [2.75, 3.05) is 26.2 Å². The number of alkyl halides is 3. The van der Waals surface area contributed by atoms with Crippen LogP contribution in [0, 0.1) is 5.82 Å². The number of rotatable bonds is 6. The van der Waals surface area contributed by atoms with E-state index in [1.54, 1.807) is 0 Å². The number of ether oxygens (including phenoxy) is 1. The largest absolute Gasteiger partial charge is 0.416 e. The molecular weight excluding hydrogens is 364 g/mol. The first kappa shape index (κ1) is 20.1. The van der Waals surface area contributed by atoms with Gasteiger partial charge in [-0.3, -0.25) is 0 Å². The molecule has 1 heterocycles. The predicted octanol–water partition coefficient (Wildman–Crippen LogP) is 2.36. The van der Waals surface area contributed by atoms with Crippen LogP contribution in [0.5, 0.6) is 0 Å². The zero-order valence-electron chi connectivity index (χ0n) is 13.4. The highest BCUT2D eigenvalue weighted by atomic mass is 32.2. The minimum absolute atomic E-state index is 0.0608. The van der Waals surface area contributed by atoms with Crippen molar-refractivity contribution in [3.63, 3.8) is 0 Å². The second-order valence-corrected chi connectivity index (χ2v) is 7.67. The van der Waals surface area contributed by atoms with Gasteiger partial charge in [0.15, 0.2) is 0 Å². The third-order valence-electron chi connectivity index (χ3n) is 3.98. The Hall–Kier alpha value is -1.23. The van der Waals surface area contributed by atoms with Crippen LogP contribution in [-0.4, -0.2) is 45.1 Å². The van der Waals surface area contributed by atoms with E-state index in [1.807, 2.05) is 0 Å². The topological polar surface area (TPSA) is 72.6 Å². The molecular formula is C15H20F4N2O3S. The normalized spacial score (nSPS) is 17.8. The lowest BCUT2D eigenvalue weighted by atomic mass is 10.1. The number of sulfonamides is 1. The maximum Gasteiger partial charge on any atom is 0.416 e. The number of halogens is 4. The van der Waals surface area contributed by atoms with Crippen molar-refractivity contribution < 1.29 is 30.7 Å².